The van der Waals surface area contributed by atoms with Gasteiger partial charge in [-0.2, -0.15) is 5.10 Å². The van der Waals surface area contributed by atoms with Gasteiger partial charge in [-0.3, -0.25) is 9.89 Å². The number of rotatable bonds is 6. The Morgan fingerprint density at radius 2 is 2.07 bits per heavy atom. The zero-order valence-electron chi connectivity index (χ0n) is 15.8. The molecule has 0 bridgehead atoms. The summed E-state index contributed by atoms with van der Waals surface area (Å²) >= 11 is 1.93. The first kappa shape index (κ1) is 20.0. The molecule has 7 nitrogen and oxygen atoms in total. The van der Waals surface area contributed by atoms with Gasteiger partial charge in [0.05, 0.1) is 0 Å². The monoisotopic (exact) mass is 508 g/mol. The van der Waals surface area contributed by atoms with Crippen LogP contribution < -0.4 is 10.6 Å². The molecule has 4 rings (SSSR count). The number of aromatic nitrogens is 4. The molecule has 2 aromatic heterocycles. The molecular formula is C20H22FIN6O. The van der Waals surface area contributed by atoms with Gasteiger partial charge in [0, 0.05) is 16.7 Å². The molecule has 3 N–H and O–H groups in total. The molecule has 152 valence electrons. The second-order valence-corrected chi connectivity index (χ2v) is 8.50. The van der Waals surface area contributed by atoms with Crippen LogP contribution in [0.5, 0.6) is 0 Å². The Morgan fingerprint density at radius 1 is 1.24 bits per heavy atom. The maximum atomic E-state index is 13.4. The SMILES string of the molecule is O=C(NCc1ccc(F)c(I)c1)c1ncnc2c(NCC3CCCCC3)n[nH]c12. The molecule has 29 heavy (non-hydrogen) atoms. The van der Waals surface area contributed by atoms with Crippen LogP contribution in [0.25, 0.3) is 11.0 Å². The van der Waals surface area contributed by atoms with Crippen LogP contribution in [0.1, 0.15) is 48.2 Å². The third-order valence-electron chi connectivity index (χ3n) is 5.29. The van der Waals surface area contributed by atoms with Crippen molar-refractivity contribution in [2.24, 2.45) is 5.92 Å². The molecule has 0 spiro atoms. The lowest BCUT2D eigenvalue weighted by Crippen LogP contribution is -2.24. The first-order valence-electron chi connectivity index (χ1n) is 9.77. The van der Waals surface area contributed by atoms with Gasteiger partial charge in [-0.05, 0) is 59.0 Å². The maximum absolute atomic E-state index is 13.4. The van der Waals surface area contributed by atoms with E-state index in [0.29, 0.717) is 26.3 Å². The van der Waals surface area contributed by atoms with Crippen LogP contribution >= 0.6 is 22.6 Å². The number of halogens is 2. The summed E-state index contributed by atoms with van der Waals surface area (Å²) in [6.07, 6.45) is 7.74. The number of carbonyl (C=O) groups is 1. The Bertz CT molecular complexity index is 1020. The van der Waals surface area contributed by atoms with Gasteiger partial charge in [0.25, 0.3) is 5.91 Å². The van der Waals surface area contributed by atoms with E-state index in [-0.39, 0.29) is 24.0 Å². The number of anilines is 1. The molecule has 2 heterocycles. The van der Waals surface area contributed by atoms with Gasteiger partial charge in [-0.25, -0.2) is 14.4 Å². The van der Waals surface area contributed by atoms with E-state index in [9.17, 15) is 9.18 Å². The summed E-state index contributed by atoms with van der Waals surface area (Å²) < 4.78 is 13.9. The van der Waals surface area contributed by atoms with E-state index in [0.717, 1.165) is 12.1 Å². The zero-order chi connectivity index (χ0) is 20.2. The topological polar surface area (TPSA) is 95.6 Å². The van der Waals surface area contributed by atoms with Crippen molar-refractivity contribution in [3.05, 3.63) is 45.2 Å². The molecule has 0 aliphatic heterocycles. The highest BCUT2D eigenvalue weighted by Gasteiger charge is 2.19. The molecule has 1 aliphatic rings. The summed E-state index contributed by atoms with van der Waals surface area (Å²) in [4.78, 5) is 21.1. The zero-order valence-corrected chi connectivity index (χ0v) is 18.0. The molecule has 3 aromatic rings. The Hall–Kier alpha value is -2.30. The predicted molar refractivity (Wildman–Crippen MR) is 117 cm³/mol. The first-order chi connectivity index (χ1) is 14.1. The van der Waals surface area contributed by atoms with E-state index in [1.165, 1.54) is 44.5 Å². The van der Waals surface area contributed by atoms with Gasteiger partial charge >= 0.3 is 0 Å². The van der Waals surface area contributed by atoms with Crippen molar-refractivity contribution in [2.45, 2.75) is 38.6 Å². The average Bonchev–Trinajstić information content (AvgIpc) is 3.17. The van der Waals surface area contributed by atoms with E-state index in [1.54, 1.807) is 12.1 Å². The normalized spacial score (nSPS) is 14.8. The Balaban J connectivity index is 1.45. The van der Waals surface area contributed by atoms with Crippen molar-refractivity contribution in [3.8, 4) is 0 Å². The minimum absolute atomic E-state index is 0.241. The summed E-state index contributed by atoms with van der Waals surface area (Å²) in [6.45, 7) is 1.14. The van der Waals surface area contributed by atoms with Crippen molar-refractivity contribution in [2.75, 3.05) is 11.9 Å². The molecule has 1 saturated carbocycles. The summed E-state index contributed by atoms with van der Waals surface area (Å²) in [6, 6.07) is 4.75. The van der Waals surface area contributed by atoms with Crippen LogP contribution in [-0.2, 0) is 6.54 Å². The lowest BCUT2D eigenvalue weighted by Gasteiger charge is -2.21. The lowest BCUT2D eigenvalue weighted by atomic mass is 9.89. The van der Waals surface area contributed by atoms with Crippen molar-refractivity contribution >= 4 is 45.3 Å². The average molecular weight is 508 g/mol. The van der Waals surface area contributed by atoms with Crippen LogP contribution in [0.4, 0.5) is 10.2 Å². The summed E-state index contributed by atoms with van der Waals surface area (Å²) in [5, 5.41) is 13.4. The highest BCUT2D eigenvalue weighted by molar-refractivity contribution is 14.1. The summed E-state index contributed by atoms with van der Waals surface area (Å²) in [5.74, 6) is 0.692. The minimum atomic E-state index is -0.334. The summed E-state index contributed by atoms with van der Waals surface area (Å²) in [5.41, 5.74) is 2.17. The third-order valence-corrected chi connectivity index (χ3v) is 6.11. The highest BCUT2D eigenvalue weighted by atomic mass is 127. The van der Waals surface area contributed by atoms with Crippen molar-refractivity contribution in [3.63, 3.8) is 0 Å². The second-order valence-electron chi connectivity index (χ2n) is 7.33. The number of nitrogens with zero attached hydrogens (tertiary/aromatic N) is 3. The largest absolute Gasteiger partial charge is 0.367 e. The van der Waals surface area contributed by atoms with Gasteiger partial charge in [0.2, 0.25) is 0 Å². The molecular weight excluding hydrogens is 486 g/mol. The van der Waals surface area contributed by atoms with Crippen LogP contribution in [0.3, 0.4) is 0 Å². The molecule has 1 fully saturated rings. The van der Waals surface area contributed by atoms with E-state index < -0.39 is 0 Å². The van der Waals surface area contributed by atoms with Crippen molar-refractivity contribution in [1.82, 2.24) is 25.5 Å². The third kappa shape index (κ3) is 4.65. The van der Waals surface area contributed by atoms with Gasteiger partial charge in [0.1, 0.15) is 23.2 Å². The van der Waals surface area contributed by atoms with Crippen LogP contribution in [0, 0.1) is 15.3 Å². The lowest BCUT2D eigenvalue weighted by molar-refractivity contribution is 0.0947. The van der Waals surface area contributed by atoms with Crippen LogP contribution in [0.2, 0.25) is 0 Å². The minimum Gasteiger partial charge on any atom is -0.367 e. The fourth-order valence-electron chi connectivity index (χ4n) is 3.68. The number of carbonyl (C=O) groups excluding carboxylic acids is 1. The molecule has 9 heteroatoms. The molecule has 1 aromatic carbocycles. The molecule has 1 amide bonds. The molecule has 0 unspecified atom stereocenters. The Morgan fingerprint density at radius 3 is 2.86 bits per heavy atom. The second kappa shape index (κ2) is 9.02. The molecule has 1 aliphatic carbocycles. The fraction of sp³-hybridized carbons (Fsp3) is 0.400. The highest BCUT2D eigenvalue weighted by Crippen LogP contribution is 2.25. The molecule has 0 atom stereocenters. The maximum Gasteiger partial charge on any atom is 0.272 e. The number of H-pyrrole nitrogens is 1. The van der Waals surface area contributed by atoms with E-state index >= 15 is 0 Å². The fourth-order valence-corrected chi connectivity index (χ4v) is 4.26. The number of hydrogen-bond acceptors (Lipinski definition) is 5. The summed E-state index contributed by atoms with van der Waals surface area (Å²) in [7, 11) is 0. The molecule has 0 saturated heterocycles. The standard InChI is InChI=1S/C20H22FIN6O/c21-14-7-6-13(8-15(14)22)10-24-20(29)18-16-17(25-11-26-18)19(28-27-16)23-9-12-4-2-1-3-5-12/h6-8,11-12H,1-5,9-10H2,(H,24,29)(H2,23,27,28). The molecule has 0 radical (unpaired) electrons. The Labute approximate surface area is 181 Å². The van der Waals surface area contributed by atoms with Crippen LogP contribution in [-0.4, -0.2) is 32.6 Å². The van der Waals surface area contributed by atoms with Crippen molar-refractivity contribution in [1.29, 1.82) is 0 Å². The quantitative estimate of drug-likeness (QED) is 0.438. The van der Waals surface area contributed by atoms with E-state index in [2.05, 4.69) is 30.8 Å². The van der Waals surface area contributed by atoms with Crippen LogP contribution in [0.15, 0.2) is 24.5 Å². The predicted octanol–water partition coefficient (Wildman–Crippen LogP) is 4.02. The van der Waals surface area contributed by atoms with E-state index in [1.807, 2.05) is 22.6 Å². The number of fused-ring (bicyclic) bond motifs is 1. The van der Waals surface area contributed by atoms with Gasteiger partial charge in [-0.1, -0.05) is 25.3 Å². The smallest absolute Gasteiger partial charge is 0.272 e. The number of nitrogens with one attached hydrogen (secondary N) is 3. The van der Waals surface area contributed by atoms with Gasteiger partial charge < -0.3 is 10.6 Å². The van der Waals surface area contributed by atoms with Gasteiger partial charge in [-0.15, -0.1) is 0 Å². The number of benzene rings is 1. The van der Waals surface area contributed by atoms with Gasteiger partial charge in [0.15, 0.2) is 11.5 Å². The van der Waals surface area contributed by atoms with Crippen molar-refractivity contribution < 1.29 is 9.18 Å². The van der Waals surface area contributed by atoms with E-state index in [4.69, 9.17) is 0 Å². The first-order valence-corrected chi connectivity index (χ1v) is 10.8. The Kier molecular flexibility index (Phi) is 6.22. The number of hydrogen-bond donors (Lipinski definition) is 3. The number of amides is 1. The number of aromatic amines is 1.